The van der Waals surface area contributed by atoms with Crippen LogP contribution in [0.4, 0.5) is 4.39 Å². The first-order valence-corrected chi connectivity index (χ1v) is 6.56. The molecule has 0 aliphatic heterocycles. The monoisotopic (exact) mass is 285 g/mol. The third kappa shape index (κ3) is 2.46. The molecule has 3 atom stereocenters. The molecule has 0 heterocycles. The zero-order valence-corrected chi connectivity index (χ0v) is 11.0. The predicted octanol–water partition coefficient (Wildman–Crippen LogP) is 3.50. The van der Waals surface area contributed by atoms with E-state index in [0.29, 0.717) is 17.9 Å². The highest BCUT2D eigenvalue weighted by Gasteiger charge is 2.30. The molecule has 1 aliphatic carbocycles. The van der Waals surface area contributed by atoms with Gasteiger partial charge in [0, 0.05) is 10.5 Å². The van der Waals surface area contributed by atoms with Crippen molar-refractivity contribution in [1.29, 1.82) is 0 Å². The van der Waals surface area contributed by atoms with Crippen LogP contribution in [0.1, 0.15) is 25.3 Å². The SMILES string of the molecule is CC1C(N)CCC1Cc1cc(Br)ccc1F. The molecule has 1 aromatic carbocycles. The summed E-state index contributed by atoms with van der Waals surface area (Å²) in [7, 11) is 0. The van der Waals surface area contributed by atoms with E-state index in [1.807, 2.05) is 6.07 Å². The molecule has 0 spiro atoms. The van der Waals surface area contributed by atoms with Gasteiger partial charge in [0.05, 0.1) is 0 Å². The summed E-state index contributed by atoms with van der Waals surface area (Å²) < 4.78 is 14.5. The third-order valence-corrected chi connectivity index (χ3v) is 4.27. The van der Waals surface area contributed by atoms with Gasteiger partial charge in [-0.15, -0.1) is 0 Å². The summed E-state index contributed by atoms with van der Waals surface area (Å²) in [5.41, 5.74) is 6.79. The Labute approximate surface area is 104 Å². The van der Waals surface area contributed by atoms with Crippen molar-refractivity contribution in [2.75, 3.05) is 0 Å². The van der Waals surface area contributed by atoms with Crippen LogP contribution in [0.15, 0.2) is 22.7 Å². The van der Waals surface area contributed by atoms with Gasteiger partial charge in [0.1, 0.15) is 5.82 Å². The average molecular weight is 286 g/mol. The van der Waals surface area contributed by atoms with E-state index in [1.165, 1.54) is 6.07 Å². The number of rotatable bonds is 2. The van der Waals surface area contributed by atoms with Gasteiger partial charge in [-0.25, -0.2) is 4.39 Å². The largest absolute Gasteiger partial charge is 0.327 e. The van der Waals surface area contributed by atoms with Crippen molar-refractivity contribution in [3.8, 4) is 0 Å². The Hall–Kier alpha value is -0.410. The number of hydrogen-bond acceptors (Lipinski definition) is 1. The molecule has 3 heteroatoms. The quantitative estimate of drug-likeness (QED) is 0.884. The fraction of sp³-hybridized carbons (Fsp3) is 0.538. The lowest BCUT2D eigenvalue weighted by Gasteiger charge is -2.18. The zero-order chi connectivity index (χ0) is 11.7. The third-order valence-electron chi connectivity index (χ3n) is 3.78. The van der Waals surface area contributed by atoms with Crippen LogP contribution < -0.4 is 5.73 Å². The van der Waals surface area contributed by atoms with Crippen LogP contribution >= 0.6 is 15.9 Å². The van der Waals surface area contributed by atoms with E-state index in [2.05, 4.69) is 22.9 Å². The Morgan fingerprint density at radius 2 is 2.19 bits per heavy atom. The summed E-state index contributed by atoms with van der Waals surface area (Å²) >= 11 is 3.38. The Bertz CT molecular complexity index is 380. The summed E-state index contributed by atoms with van der Waals surface area (Å²) in [5.74, 6) is 0.924. The molecule has 2 rings (SSSR count). The number of halogens is 2. The highest BCUT2D eigenvalue weighted by Crippen LogP contribution is 2.34. The van der Waals surface area contributed by atoms with Gasteiger partial charge in [0.2, 0.25) is 0 Å². The molecule has 0 amide bonds. The molecule has 0 aromatic heterocycles. The Morgan fingerprint density at radius 3 is 2.81 bits per heavy atom. The van der Waals surface area contributed by atoms with Crippen LogP contribution in [-0.4, -0.2) is 6.04 Å². The van der Waals surface area contributed by atoms with Crippen molar-refractivity contribution in [2.24, 2.45) is 17.6 Å². The number of benzene rings is 1. The Kier molecular flexibility index (Phi) is 3.65. The molecule has 2 N–H and O–H groups in total. The molecular formula is C13H17BrFN. The van der Waals surface area contributed by atoms with Gasteiger partial charge in [-0.1, -0.05) is 22.9 Å². The summed E-state index contributed by atoms with van der Waals surface area (Å²) in [6, 6.07) is 5.44. The van der Waals surface area contributed by atoms with Crippen LogP contribution in [0.25, 0.3) is 0 Å². The zero-order valence-electron chi connectivity index (χ0n) is 9.42. The molecule has 0 radical (unpaired) electrons. The normalized spacial score (nSPS) is 29.6. The van der Waals surface area contributed by atoms with Crippen LogP contribution in [-0.2, 0) is 6.42 Å². The highest BCUT2D eigenvalue weighted by molar-refractivity contribution is 9.10. The van der Waals surface area contributed by atoms with E-state index in [-0.39, 0.29) is 5.82 Å². The molecule has 1 aromatic rings. The topological polar surface area (TPSA) is 26.0 Å². The second kappa shape index (κ2) is 4.84. The van der Waals surface area contributed by atoms with Gasteiger partial charge in [-0.3, -0.25) is 0 Å². The summed E-state index contributed by atoms with van der Waals surface area (Å²) in [6.07, 6.45) is 3.00. The van der Waals surface area contributed by atoms with Gasteiger partial charge in [0.25, 0.3) is 0 Å². The molecule has 1 aliphatic rings. The molecule has 0 saturated heterocycles. The second-order valence-electron chi connectivity index (χ2n) is 4.80. The lowest BCUT2D eigenvalue weighted by atomic mass is 9.89. The Balaban J connectivity index is 2.12. The fourth-order valence-corrected chi connectivity index (χ4v) is 2.96. The van der Waals surface area contributed by atoms with Crippen molar-refractivity contribution >= 4 is 15.9 Å². The Morgan fingerprint density at radius 1 is 1.44 bits per heavy atom. The molecule has 1 nitrogen and oxygen atoms in total. The van der Waals surface area contributed by atoms with Crippen molar-refractivity contribution in [1.82, 2.24) is 0 Å². The maximum atomic E-state index is 13.6. The number of hydrogen-bond donors (Lipinski definition) is 1. The number of nitrogens with two attached hydrogens (primary N) is 1. The summed E-state index contributed by atoms with van der Waals surface area (Å²) in [6.45, 7) is 2.18. The van der Waals surface area contributed by atoms with Gasteiger partial charge in [-0.2, -0.15) is 0 Å². The predicted molar refractivity (Wildman–Crippen MR) is 67.7 cm³/mol. The fourth-order valence-electron chi connectivity index (χ4n) is 2.55. The first-order chi connectivity index (χ1) is 7.58. The molecule has 16 heavy (non-hydrogen) atoms. The molecule has 1 fully saturated rings. The van der Waals surface area contributed by atoms with Gasteiger partial charge < -0.3 is 5.73 Å². The molecule has 1 saturated carbocycles. The minimum atomic E-state index is -0.101. The van der Waals surface area contributed by atoms with E-state index in [9.17, 15) is 4.39 Å². The van der Waals surface area contributed by atoms with Crippen molar-refractivity contribution in [3.63, 3.8) is 0 Å². The molecule has 88 valence electrons. The van der Waals surface area contributed by atoms with E-state index in [4.69, 9.17) is 5.73 Å². The molecular weight excluding hydrogens is 269 g/mol. The maximum Gasteiger partial charge on any atom is 0.126 e. The average Bonchev–Trinajstić information content (AvgIpc) is 2.55. The highest BCUT2D eigenvalue weighted by atomic mass is 79.9. The van der Waals surface area contributed by atoms with Gasteiger partial charge in [-0.05, 0) is 54.9 Å². The lowest BCUT2D eigenvalue weighted by molar-refractivity contribution is 0.385. The van der Waals surface area contributed by atoms with Gasteiger partial charge >= 0.3 is 0 Å². The second-order valence-corrected chi connectivity index (χ2v) is 5.72. The standard InChI is InChI=1S/C13H17BrFN/c1-8-9(2-5-13(8)16)6-10-7-11(14)3-4-12(10)15/h3-4,7-9,13H,2,5-6,16H2,1H3. The van der Waals surface area contributed by atoms with Crippen LogP contribution in [0.2, 0.25) is 0 Å². The first-order valence-electron chi connectivity index (χ1n) is 5.77. The van der Waals surface area contributed by atoms with E-state index in [0.717, 1.165) is 29.3 Å². The lowest BCUT2D eigenvalue weighted by Crippen LogP contribution is -2.25. The summed E-state index contributed by atoms with van der Waals surface area (Å²) in [5, 5.41) is 0. The van der Waals surface area contributed by atoms with Gasteiger partial charge in [0.15, 0.2) is 0 Å². The smallest absolute Gasteiger partial charge is 0.126 e. The van der Waals surface area contributed by atoms with E-state index in [1.54, 1.807) is 6.07 Å². The van der Waals surface area contributed by atoms with Crippen molar-refractivity contribution in [3.05, 3.63) is 34.1 Å². The van der Waals surface area contributed by atoms with Crippen molar-refractivity contribution in [2.45, 2.75) is 32.2 Å². The minimum absolute atomic E-state index is 0.101. The van der Waals surface area contributed by atoms with E-state index >= 15 is 0 Å². The summed E-state index contributed by atoms with van der Waals surface area (Å²) in [4.78, 5) is 0. The van der Waals surface area contributed by atoms with Crippen molar-refractivity contribution < 1.29 is 4.39 Å². The first kappa shape index (κ1) is 12.1. The van der Waals surface area contributed by atoms with Crippen LogP contribution in [0.5, 0.6) is 0 Å². The molecule has 3 unspecified atom stereocenters. The van der Waals surface area contributed by atoms with E-state index < -0.39 is 0 Å². The maximum absolute atomic E-state index is 13.6. The van der Waals surface area contributed by atoms with Crippen LogP contribution in [0.3, 0.4) is 0 Å². The molecule has 0 bridgehead atoms. The minimum Gasteiger partial charge on any atom is -0.327 e. The van der Waals surface area contributed by atoms with Crippen LogP contribution in [0, 0.1) is 17.7 Å².